The molecule has 1 saturated carbocycles. The molecule has 5 nitrogen and oxygen atoms in total. The van der Waals surface area contributed by atoms with Crippen molar-refractivity contribution in [2.75, 3.05) is 20.2 Å². The van der Waals surface area contributed by atoms with Crippen LogP contribution in [0.2, 0.25) is 0 Å². The van der Waals surface area contributed by atoms with Gasteiger partial charge >= 0.3 is 12.1 Å². The number of benzene rings is 2. The zero-order chi connectivity index (χ0) is 24.6. The molecule has 0 unspecified atom stereocenters. The van der Waals surface area contributed by atoms with Crippen LogP contribution in [0.25, 0.3) is 11.3 Å². The van der Waals surface area contributed by atoms with Crippen molar-refractivity contribution in [1.29, 1.82) is 0 Å². The van der Waals surface area contributed by atoms with Crippen molar-refractivity contribution in [3.63, 3.8) is 0 Å². The predicted octanol–water partition coefficient (Wildman–Crippen LogP) is 5.65. The van der Waals surface area contributed by atoms with Crippen molar-refractivity contribution in [2.24, 2.45) is 0 Å². The van der Waals surface area contributed by atoms with Gasteiger partial charge in [-0.05, 0) is 60.4 Å². The highest BCUT2D eigenvalue weighted by Crippen LogP contribution is 2.42. The predicted molar refractivity (Wildman–Crippen MR) is 123 cm³/mol. The summed E-state index contributed by atoms with van der Waals surface area (Å²) in [5.41, 5.74) is 1.57. The first-order valence-corrected chi connectivity index (χ1v) is 11.6. The lowest BCUT2D eigenvalue weighted by Gasteiger charge is -2.18. The van der Waals surface area contributed by atoms with E-state index in [0.29, 0.717) is 36.5 Å². The maximum Gasteiger partial charge on any atom is 0.416 e. The lowest BCUT2D eigenvalue weighted by molar-refractivity contribution is -0.151. The molecule has 35 heavy (non-hydrogen) atoms. The Labute approximate surface area is 201 Å². The number of methoxy groups -OCH3 is 1. The van der Waals surface area contributed by atoms with Crippen molar-refractivity contribution < 1.29 is 31.9 Å². The molecule has 0 amide bonds. The number of nitrogens with zero attached hydrogens (tertiary/aromatic N) is 1. The molecule has 1 aliphatic carbocycles. The average Bonchev–Trinajstić information content (AvgIpc) is 3.53. The van der Waals surface area contributed by atoms with Crippen LogP contribution in [0.4, 0.5) is 13.2 Å². The van der Waals surface area contributed by atoms with Crippen molar-refractivity contribution in [3.8, 4) is 17.1 Å². The summed E-state index contributed by atoms with van der Waals surface area (Å²) >= 11 is 0. The Morgan fingerprint density at radius 2 is 1.71 bits per heavy atom. The molecule has 184 valence electrons. The summed E-state index contributed by atoms with van der Waals surface area (Å²) in [5.74, 6) is 1.68. The van der Waals surface area contributed by atoms with E-state index in [1.54, 1.807) is 6.07 Å². The standard InChI is InChI=1S/C27H26F3NO4/c1-33-25(32)26(12-13-26)35-22-7-4-18-10-14-31(15-11-20(18)16-22)17-23-8-9-24(34-23)19-2-5-21(6-3-19)27(28,29)30/h2-9,16H,10-15,17H2,1H3. The average molecular weight is 486 g/mol. The van der Waals surface area contributed by atoms with Gasteiger partial charge in [-0.25, -0.2) is 4.79 Å². The maximum atomic E-state index is 12.8. The Kier molecular flexibility index (Phi) is 6.09. The zero-order valence-electron chi connectivity index (χ0n) is 19.4. The number of alkyl halides is 3. The molecule has 2 aromatic carbocycles. The first kappa shape index (κ1) is 23.5. The highest BCUT2D eigenvalue weighted by Gasteiger charge is 2.54. The van der Waals surface area contributed by atoms with Crippen LogP contribution < -0.4 is 4.74 Å². The fourth-order valence-corrected chi connectivity index (χ4v) is 4.50. The summed E-state index contributed by atoms with van der Waals surface area (Å²) in [5, 5.41) is 0. The molecule has 0 N–H and O–H groups in total. The Balaban J connectivity index is 1.21. The molecule has 1 aromatic heterocycles. The van der Waals surface area contributed by atoms with E-state index >= 15 is 0 Å². The molecular weight excluding hydrogens is 459 g/mol. The number of furan rings is 1. The van der Waals surface area contributed by atoms with Crippen molar-refractivity contribution in [2.45, 2.75) is 44.0 Å². The van der Waals surface area contributed by atoms with Crippen LogP contribution in [0.1, 0.15) is 35.3 Å². The van der Waals surface area contributed by atoms with Gasteiger partial charge in [0.25, 0.3) is 0 Å². The number of carbonyl (C=O) groups excluding carboxylic acids is 1. The van der Waals surface area contributed by atoms with Gasteiger partial charge in [-0.3, -0.25) is 4.90 Å². The molecule has 0 atom stereocenters. The van der Waals surface area contributed by atoms with Crippen LogP contribution in [-0.4, -0.2) is 36.7 Å². The fourth-order valence-electron chi connectivity index (χ4n) is 4.50. The molecule has 0 saturated heterocycles. The molecule has 1 fully saturated rings. The minimum atomic E-state index is -4.36. The number of halogens is 3. The number of ether oxygens (including phenoxy) is 2. The zero-order valence-corrected chi connectivity index (χ0v) is 19.4. The first-order chi connectivity index (χ1) is 16.8. The van der Waals surface area contributed by atoms with Gasteiger partial charge in [0.05, 0.1) is 19.2 Å². The molecule has 1 aliphatic heterocycles. The van der Waals surface area contributed by atoms with Gasteiger partial charge in [-0.15, -0.1) is 0 Å². The minimum absolute atomic E-state index is 0.326. The monoisotopic (exact) mass is 485 g/mol. The van der Waals surface area contributed by atoms with Gasteiger partial charge in [0.15, 0.2) is 0 Å². The lowest BCUT2D eigenvalue weighted by Crippen LogP contribution is -2.30. The van der Waals surface area contributed by atoms with E-state index in [1.165, 1.54) is 30.4 Å². The smallest absolute Gasteiger partial charge is 0.416 e. The Bertz CT molecular complexity index is 1210. The van der Waals surface area contributed by atoms with Gasteiger partial charge in [-0.1, -0.05) is 18.2 Å². The second kappa shape index (κ2) is 9.07. The maximum absolute atomic E-state index is 12.8. The number of rotatable bonds is 6. The van der Waals surface area contributed by atoms with Gasteiger partial charge in [-0.2, -0.15) is 13.2 Å². The second-order valence-electron chi connectivity index (χ2n) is 9.14. The third-order valence-electron chi connectivity index (χ3n) is 6.69. The van der Waals surface area contributed by atoms with E-state index in [1.807, 2.05) is 18.2 Å². The van der Waals surface area contributed by atoms with Crippen molar-refractivity contribution in [1.82, 2.24) is 4.90 Å². The molecule has 2 aliphatic rings. The largest absolute Gasteiger partial charge is 0.476 e. The lowest BCUT2D eigenvalue weighted by atomic mass is 10.0. The third kappa shape index (κ3) is 5.07. The Morgan fingerprint density at radius 3 is 2.37 bits per heavy atom. The van der Waals surface area contributed by atoms with Crippen LogP contribution in [0.5, 0.6) is 5.75 Å². The van der Waals surface area contributed by atoms with Gasteiger partial charge in [0.1, 0.15) is 17.3 Å². The van der Waals surface area contributed by atoms with Crippen LogP contribution in [0.15, 0.2) is 59.0 Å². The van der Waals surface area contributed by atoms with E-state index in [9.17, 15) is 18.0 Å². The summed E-state index contributed by atoms with van der Waals surface area (Å²) < 4.78 is 55.2. The second-order valence-corrected chi connectivity index (χ2v) is 9.14. The van der Waals surface area contributed by atoms with Crippen LogP contribution in [0, 0.1) is 0 Å². The molecule has 0 bridgehead atoms. The highest BCUT2D eigenvalue weighted by molar-refractivity contribution is 5.83. The number of fused-ring (bicyclic) bond motifs is 1. The highest BCUT2D eigenvalue weighted by atomic mass is 19.4. The first-order valence-electron chi connectivity index (χ1n) is 11.6. The molecule has 8 heteroatoms. The molecular formula is C27H26F3NO4. The van der Waals surface area contributed by atoms with Crippen molar-refractivity contribution >= 4 is 5.97 Å². The Morgan fingerprint density at radius 1 is 1.00 bits per heavy atom. The van der Waals surface area contributed by atoms with Crippen LogP contribution in [0.3, 0.4) is 0 Å². The van der Waals surface area contributed by atoms with E-state index in [-0.39, 0.29) is 5.97 Å². The number of hydrogen-bond donors (Lipinski definition) is 0. The number of carbonyl (C=O) groups is 1. The summed E-state index contributed by atoms with van der Waals surface area (Å²) in [7, 11) is 1.38. The van der Waals surface area contributed by atoms with Crippen molar-refractivity contribution in [3.05, 3.63) is 77.0 Å². The summed E-state index contributed by atoms with van der Waals surface area (Å²) in [6, 6.07) is 14.7. The summed E-state index contributed by atoms with van der Waals surface area (Å²) in [6.07, 6.45) is -1.30. The quantitative estimate of drug-likeness (QED) is 0.423. The molecule has 0 spiro atoms. The normalized spacial score (nSPS) is 17.4. The summed E-state index contributed by atoms with van der Waals surface area (Å²) in [6.45, 7) is 2.30. The molecule has 3 aromatic rings. The fraction of sp³-hybridized carbons (Fsp3) is 0.370. The van der Waals surface area contributed by atoms with E-state index in [0.717, 1.165) is 43.8 Å². The van der Waals surface area contributed by atoms with Crippen LogP contribution in [-0.2, 0) is 35.1 Å². The topological polar surface area (TPSA) is 51.9 Å². The number of hydrogen-bond acceptors (Lipinski definition) is 5. The minimum Gasteiger partial charge on any atom is -0.476 e. The van der Waals surface area contributed by atoms with Gasteiger partial charge in [0.2, 0.25) is 5.60 Å². The SMILES string of the molecule is COC(=O)C1(Oc2ccc3c(c2)CCN(Cc2ccc(-c4ccc(C(F)(F)F)cc4)o2)CC3)CC1. The van der Waals surface area contributed by atoms with Gasteiger partial charge < -0.3 is 13.9 Å². The van der Waals surface area contributed by atoms with E-state index in [2.05, 4.69) is 11.0 Å². The Hall–Kier alpha value is -3.26. The van der Waals surface area contributed by atoms with Crippen LogP contribution >= 0.6 is 0 Å². The molecule has 2 heterocycles. The third-order valence-corrected chi connectivity index (χ3v) is 6.69. The summed E-state index contributed by atoms with van der Waals surface area (Å²) in [4.78, 5) is 14.3. The molecule has 5 rings (SSSR count). The number of esters is 1. The molecule has 0 radical (unpaired) electrons. The van der Waals surface area contributed by atoms with E-state index < -0.39 is 17.3 Å². The van der Waals surface area contributed by atoms with Gasteiger partial charge in [0, 0.05) is 31.5 Å². The van der Waals surface area contributed by atoms with E-state index in [4.69, 9.17) is 13.9 Å².